The summed E-state index contributed by atoms with van der Waals surface area (Å²) in [6, 6.07) is 0. The lowest BCUT2D eigenvalue weighted by atomic mass is 10.2. The molecule has 3 rings (SSSR count). The van der Waals surface area contributed by atoms with E-state index in [0.717, 1.165) is 0 Å². The molecule has 3 heterocycles. The molecule has 1 fully saturated rings. The third-order valence-electron chi connectivity index (χ3n) is 5.19. The number of fused-ring (bicyclic) bond motifs is 1. The van der Waals surface area contributed by atoms with E-state index in [0.29, 0.717) is 0 Å². The molecule has 4 atom stereocenters. The van der Waals surface area contributed by atoms with Gasteiger partial charge in [0.05, 0.1) is 36.5 Å². The summed E-state index contributed by atoms with van der Waals surface area (Å²) in [5.41, 5.74) is -0.913. The van der Waals surface area contributed by atoms with Gasteiger partial charge in [-0.05, 0) is 17.0 Å². The molecule has 1 amide bonds. The maximum Gasteiger partial charge on any atom is 0.471 e. The third kappa shape index (κ3) is 7.71. The fourth-order valence-corrected chi connectivity index (χ4v) is 4.81. The van der Waals surface area contributed by atoms with E-state index in [1.54, 1.807) is 24.3 Å². The number of aromatic amines is 1. The van der Waals surface area contributed by atoms with Crippen molar-refractivity contribution in [1.82, 2.24) is 24.8 Å². The molecule has 1 aliphatic heterocycles. The van der Waals surface area contributed by atoms with Crippen LogP contribution in [0.3, 0.4) is 0 Å². The monoisotopic (exact) mass is 586 g/mol. The van der Waals surface area contributed by atoms with E-state index in [2.05, 4.69) is 32.7 Å². The molecule has 1 saturated heterocycles. The van der Waals surface area contributed by atoms with Gasteiger partial charge >= 0.3 is 12.1 Å². The topological polar surface area (TPSA) is 134 Å². The highest BCUT2D eigenvalue weighted by Crippen LogP contribution is 2.36. The molecule has 16 heteroatoms. The molecule has 0 bridgehead atoms. The van der Waals surface area contributed by atoms with E-state index in [4.69, 9.17) is 15.9 Å². The highest BCUT2D eigenvalue weighted by molar-refractivity contribution is 8.76. The molecule has 0 radical (unpaired) electrons. The van der Waals surface area contributed by atoms with E-state index < -0.39 is 48.1 Å². The minimum absolute atomic E-state index is 0.00855. The minimum Gasteiger partial charge on any atom is -0.394 e. The fourth-order valence-electron chi connectivity index (χ4n) is 3.57. The van der Waals surface area contributed by atoms with Gasteiger partial charge in [0.25, 0.3) is 5.56 Å². The Labute approximate surface area is 229 Å². The Morgan fingerprint density at radius 1 is 1.54 bits per heavy atom. The number of hydrogen-bond acceptors (Lipinski definition) is 9. The van der Waals surface area contributed by atoms with Crippen LogP contribution >= 0.6 is 21.6 Å². The summed E-state index contributed by atoms with van der Waals surface area (Å²) < 4.78 is 50.8. The molecule has 3 N–H and O–H groups in total. The number of nitrogens with zero attached hydrogens (tertiary/aromatic N) is 4. The summed E-state index contributed by atoms with van der Waals surface area (Å²) in [6.07, 6.45) is 3.40. The first-order valence-electron chi connectivity index (χ1n) is 11.2. The normalized spacial score (nSPS) is 20.0. The SMILES string of the molecule is C#C[C@H](O[C@@H]1C[C@H](n2cc(C#CCNC(=O)C(F)(F)F)c3c(=O)[nH]c(/N=C\N(C)C)nc32)O[C@@H]1CO)SSC. The number of H-pyrrole nitrogens is 1. The second kappa shape index (κ2) is 13.3. The van der Waals surface area contributed by atoms with Gasteiger partial charge in [-0.3, -0.25) is 14.6 Å². The number of nitrogens with one attached hydrogen (secondary N) is 2. The molecule has 0 spiro atoms. The third-order valence-corrected chi connectivity index (χ3v) is 6.90. The second-order valence-electron chi connectivity index (χ2n) is 8.21. The molecule has 1 aliphatic rings. The zero-order chi connectivity index (χ0) is 28.7. The van der Waals surface area contributed by atoms with Crippen LogP contribution in [-0.2, 0) is 14.3 Å². The van der Waals surface area contributed by atoms with Gasteiger partial charge in [-0.25, -0.2) is 4.99 Å². The molecule has 2 aromatic heterocycles. The van der Waals surface area contributed by atoms with E-state index in [1.807, 2.05) is 6.26 Å². The number of carbonyl (C=O) groups is 1. The fraction of sp³-hybridized carbons (Fsp3) is 0.478. The van der Waals surface area contributed by atoms with E-state index >= 15 is 0 Å². The average molecular weight is 587 g/mol. The minimum atomic E-state index is -5.04. The number of rotatable bonds is 9. The van der Waals surface area contributed by atoms with Crippen LogP contribution in [0.1, 0.15) is 18.2 Å². The van der Waals surface area contributed by atoms with Crippen LogP contribution in [0.15, 0.2) is 16.0 Å². The van der Waals surface area contributed by atoms with Crippen molar-refractivity contribution in [2.45, 2.75) is 36.5 Å². The van der Waals surface area contributed by atoms with E-state index in [9.17, 15) is 27.9 Å². The summed E-state index contributed by atoms with van der Waals surface area (Å²) >= 11 is 0. The zero-order valence-corrected chi connectivity index (χ0v) is 22.6. The molecule has 0 aromatic carbocycles. The maximum atomic E-state index is 13.0. The van der Waals surface area contributed by atoms with E-state index in [-0.39, 0.29) is 35.6 Å². The van der Waals surface area contributed by atoms with Crippen LogP contribution < -0.4 is 10.9 Å². The molecule has 0 aliphatic carbocycles. The van der Waals surface area contributed by atoms with Crippen molar-refractivity contribution in [3.63, 3.8) is 0 Å². The van der Waals surface area contributed by atoms with Crippen molar-refractivity contribution >= 4 is 50.8 Å². The van der Waals surface area contributed by atoms with Crippen molar-refractivity contribution in [2.24, 2.45) is 4.99 Å². The van der Waals surface area contributed by atoms with Crippen molar-refractivity contribution in [1.29, 1.82) is 0 Å². The Bertz CT molecular complexity index is 1370. The predicted molar refractivity (Wildman–Crippen MR) is 142 cm³/mol. The van der Waals surface area contributed by atoms with Crippen molar-refractivity contribution in [3.05, 3.63) is 22.1 Å². The lowest BCUT2D eigenvalue weighted by Crippen LogP contribution is -2.36. The lowest BCUT2D eigenvalue weighted by Gasteiger charge is -2.19. The number of aliphatic imine (C=N–C) groups is 1. The Hall–Kier alpha value is -3.15. The average Bonchev–Trinajstić information content (AvgIpc) is 3.45. The van der Waals surface area contributed by atoms with Gasteiger partial charge < -0.3 is 29.4 Å². The Balaban J connectivity index is 2.00. The van der Waals surface area contributed by atoms with Crippen LogP contribution in [0.4, 0.5) is 19.1 Å². The highest BCUT2D eigenvalue weighted by atomic mass is 33.1. The second-order valence-corrected chi connectivity index (χ2v) is 10.7. The van der Waals surface area contributed by atoms with Crippen molar-refractivity contribution < 1.29 is 32.5 Å². The summed E-state index contributed by atoms with van der Waals surface area (Å²) in [6.45, 7) is -0.968. The standard InChI is InChI=1S/C23H25F3N6O5S2/c1-5-17(39-38-4)37-14-9-16(36-15(14)11-33)32-10-13(7-6-8-27-21(35)23(24,25)26)18-19(32)29-22(30-20(18)34)28-12-31(2)3/h1,10,12,14-17,33H,8-9,11H2,2-4H3,(H,27,35)(H,29,30,34)/b28-12-/t14-,15-,16-,17-/m1/s1. The number of alkyl halides is 3. The summed E-state index contributed by atoms with van der Waals surface area (Å²) in [7, 11) is 6.21. The van der Waals surface area contributed by atoms with Crippen molar-refractivity contribution in [3.8, 4) is 24.2 Å². The maximum absolute atomic E-state index is 13.0. The number of terminal acetylenes is 1. The predicted octanol–water partition coefficient (Wildman–Crippen LogP) is 1.61. The molecule has 11 nitrogen and oxygen atoms in total. The summed E-state index contributed by atoms with van der Waals surface area (Å²) in [5.74, 6) is 5.42. The lowest BCUT2D eigenvalue weighted by molar-refractivity contribution is -0.173. The van der Waals surface area contributed by atoms with Gasteiger partial charge in [-0.15, -0.1) is 6.42 Å². The number of aliphatic hydroxyl groups excluding tert-OH is 1. The summed E-state index contributed by atoms with van der Waals surface area (Å²) in [5, 5.41) is 11.6. The Morgan fingerprint density at radius 3 is 2.90 bits per heavy atom. The Kier molecular flexibility index (Phi) is 10.3. The first kappa shape index (κ1) is 30.4. The first-order chi connectivity index (χ1) is 18.5. The van der Waals surface area contributed by atoms with Crippen LogP contribution in [0.5, 0.6) is 0 Å². The number of aliphatic hydroxyl groups is 1. The quantitative estimate of drug-likeness (QED) is 0.132. The van der Waals surface area contributed by atoms with Gasteiger partial charge in [-0.2, -0.15) is 18.2 Å². The van der Waals surface area contributed by atoms with Gasteiger partial charge in [0.2, 0.25) is 5.95 Å². The summed E-state index contributed by atoms with van der Waals surface area (Å²) in [4.78, 5) is 36.7. The zero-order valence-electron chi connectivity index (χ0n) is 21.0. The van der Waals surface area contributed by atoms with E-state index in [1.165, 1.54) is 38.7 Å². The van der Waals surface area contributed by atoms with Crippen LogP contribution in [0, 0.1) is 24.2 Å². The van der Waals surface area contributed by atoms with Gasteiger partial charge in [0.15, 0.2) is 11.1 Å². The highest BCUT2D eigenvalue weighted by Gasteiger charge is 2.39. The van der Waals surface area contributed by atoms with Gasteiger partial charge in [0, 0.05) is 26.7 Å². The number of hydrogen-bond donors (Lipinski definition) is 3. The van der Waals surface area contributed by atoms with Crippen molar-refractivity contribution in [2.75, 3.05) is 33.5 Å². The molecule has 0 unspecified atom stereocenters. The molecule has 2 aromatic rings. The van der Waals surface area contributed by atoms with Crippen LogP contribution in [0.25, 0.3) is 11.0 Å². The molecule has 210 valence electrons. The number of halogens is 3. The molecule has 0 saturated carbocycles. The largest absolute Gasteiger partial charge is 0.471 e. The number of ether oxygens (including phenoxy) is 2. The smallest absolute Gasteiger partial charge is 0.394 e. The molecular weight excluding hydrogens is 561 g/mol. The van der Waals surface area contributed by atoms with Gasteiger partial charge in [-0.1, -0.05) is 28.6 Å². The molecule has 39 heavy (non-hydrogen) atoms. The molecular formula is C23H25F3N6O5S2. The van der Waals surface area contributed by atoms with Crippen LogP contribution in [0.2, 0.25) is 0 Å². The van der Waals surface area contributed by atoms with Crippen LogP contribution in [-0.4, -0.2) is 94.1 Å². The number of amides is 1. The number of carbonyl (C=O) groups excluding carboxylic acids is 1. The Morgan fingerprint density at radius 2 is 2.28 bits per heavy atom. The number of aromatic nitrogens is 3. The first-order valence-corrected chi connectivity index (χ1v) is 13.9. The van der Waals surface area contributed by atoms with Gasteiger partial charge in [0.1, 0.15) is 12.3 Å².